The van der Waals surface area contributed by atoms with Crippen LogP contribution in [-0.4, -0.2) is 38.9 Å². The van der Waals surface area contributed by atoms with Gasteiger partial charge >= 0.3 is 13.6 Å². The smallest absolute Gasteiger partial charge is 0.328 e. The average Bonchev–Trinajstić information content (AvgIpc) is 3.72. The van der Waals surface area contributed by atoms with E-state index in [2.05, 4.69) is 36.5 Å². The fourth-order valence-electron chi connectivity index (χ4n) is 5.37. The first-order valence-corrected chi connectivity index (χ1v) is 18.9. The van der Waals surface area contributed by atoms with E-state index < -0.39 is 19.4 Å². The molecule has 52 heavy (non-hydrogen) atoms. The van der Waals surface area contributed by atoms with Crippen LogP contribution in [0.15, 0.2) is 103 Å². The molecule has 0 bridgehead atoms. The number of aryl methyl sites for hydroxylation is 1. The number of fused-ring (bicyclic) bond motifs is 1. The lowest BCUT2D eigenvalue weighted by atomic mass is 9.92. The van der Waals surface area contributed by atoms with Gasteiger partial charge in [-0.2, -0.15) is 10.2 Å². The standard InChI is InChI=1S/C39H42FN6O5P/c1-27-11-14-32(15-12-27)46-37(23-36(44-46)39(2,3)4)43-38(47)41-24-30-21-31(40)13-18-35(30)51-33-16-17-34-29(22-33)25-42-45(34)19-20-49-52(5,48)50-26-28-9-7-6-8-10-28/h6-18,21-23,25H,19-20,24,26H2,1-5H3,(H2,41,43,47). The number of anilines is 1. The third-order valence-corrected chi connectivity index (χ3v) is 9.49. The van der Waals surface area contributed by atoms with Gasteiger partial charge in [0.15, 0.2) is 0 Å². The Hall–Kier alpha value is -5.29. The van der Waals surface area contributed by atoms with Crippen LogP contribution in [0.1, 0.15) is 43.2 Å². The highest BCUT2D eigenvalue weighted by atomic mass is 31.2. The van der Waals surface area contributed by atoms with E-state index in [4.69, 9.17) is 18.9 Å². The molecule has 1 unspecified atom stereocenters. The number of hydrogen-bond acceptors (Lipinski definition) is 7. The molecule has 1 atom stereocenters. The van der Waals surface area contributed by atoms with Gasteiger partial charge in [0.1, 0.15) is 23.1 Å². The van der Waals surface area contributed by atoms with E-state index in [9.17, 15) is 13.8 Å². The molecule has 2 heterocycles. The molecule has 0 aliphatic rings. The highest BCUT2D eigenvalue weighted by molar-refractivity contribution is 7.52. The normalized spacial score (nSPS) is 12.8. The summed E-state index contributed by atoms with van der Waals surface area (Å²) < 4.78 is 47.9. The Morgan fingerprint density at radius 2 is 1.71 bits per heavy atom. The Kier molecular flexibility index (Phi) is 10.9. The molecule has 11 nitrogen and oxygen atoms in total. The summed E-state index contributed by atoms with van der Waals surface area (Å²) in [6.07, 6.45) is 1.70. The molecule has 2 amide bonds. The third kappa shape index (κ3) is 9.33. The number of hydrogen-bond donors (Lipinski definition) is 2. The highest BCUT2D eigenvalue weighted by Gasteiger charge is 2.22. The van der Waals surface area contributed by atoms with Gasteiger partial charge in [0.05, 0.1) is 42.9 Å². The van der Waals surface area contributed by atoms with Gasteiger partial charge in [0, 0.05) is 35.6 Å². The first kappa shape index (κ1) is 36.5. The summed E-state index contributed by atoms with van der Waals surface area (Å²) in [4.78, 5) is 13.2. The molecule has 2 aromatic heterocycles. The Balaban J connectivity index is 1.08. The van der Waals surface area contributed by atoms with E-state index in [0.29, 0.717) is 29.4 Å². The fraction of sp³-hybridized carbons (Fsp3) is 0.256. The van der Waals surface area contributed by atoms with Crippen LogP contribution in [0.3, 0.4) is 0 Å². The van der Waals surface area contributed by atoms with Crippen LogP contribution in [-0.2, 0) is 38.7 Å². The van der Waals surface area contributed by atoms with Crippen molar-refractivity contribution in [2.24, 2.45) is 0 Å². The maximum absolute atomic E-state index is 14.4. The zero-order valence-electron chi connectivity index (χ0n) is 29.8. The quantitative estimate of drug-likeness (QED) is 0.114. The van der Waals surface area contributed by atoms with E-state index in [0.717, 1.165) is 33.4 Å². The second kappa shape index (κ2) is 15.5. The molecule has 4 aromatic carbocycles. The van der Waals surface area contributed by atoms with Gasteiger partial charge in [-0.1, -0.05) is 68.8 Å². The monoisotopic (exact) mass is 724 g/mol. The van der Waals surface area contributed by atoms with Crippen molar-refractivity contribution in [3.63, 3.8) is 0 Å². The Bertz CT molecular complexity index is 2210. The van der Waals surface area contributed by atoms with E-state index in [-0.39, 0.29) is 25.2 Å². The van der Waals surface area contributed by atoms with Crippen LogP contribution in [0.4, 0.5) is 15.0 Å². The number of carbonyl (C=O) groups is 1. The number of urea groups is 1. The molecule has 270 valence electrons. The van der Waals surface area contributed by atoms with E-state index in [1.165, 1.54) is 24.9 Å². The maximum atomic E-state index is 14.4. The molecular weight excluding hydrogens is 682 g/mol. The first-order valence-electron chi connectivity index (χ1n) is 16.9. The van der Waals surface area contributed by atoms with Crippen LogP contribution in [0.2, 0.25) is 0 Å². The van der Waals surface area contributed by atoms with Crippen molar-refractivity contribution in [1.82, 2.24) is 24.9 Å². The molecule has 0 fully saturated rings. The summed E-state index contributed by atoms with van der Waals surface area (Å²) in [6, 6.07) is 28.3. The Morgan fingerprint density at radius 1 is 0.942 bits per heavy atom. The molecule has 0 spiro atoms. The molecule has 6 aromatic rings. The lowest BCUT2D eigenvalue weighted by molar-refractivity contribution is 0.195. The van der Waals surface area contributed by atoms with Gasteiger partial charge in [-0.25, -0.2) is 13.9 Å². The van der Waals surface area contributed by atoms with Crippen molar-refractivity contribution in [2.75, 3.05) is 18.6 Å². The van der Waals surface area contributed by atoms with Gasteiger partial charge in [-0.05, 0) is 61.0 Å². The minimum Gasteiger partial charge on any atom is -0.457 e. The van der Waals surface area contributed by atoms with Crippen LogP contribution in [0.5, 0.6) is 11.5 Å². The van der Waals surface area contributed by atoms with Gasteiger partial charge in [-0.15, -0.1) is 0 Å². The number of benzene rings is 4. The highest BCUT2D eigenvalue weighted by Crippen LogP contribution is 2.44. The number of nitrogens with zero attached hydrogens (tertiary/aromatic N) is 4. The number of amides is 2. The lowest BCUT2D eigenvalue weighted by Crippen LogP contribution is -2.29. The van der Waals surface area contributed by atoms with Crippen LogP contribution in [0, 0.1) is 12.7 Å². The molecule has 2 N–H and O–H groups in total. The largest absolute Gasteiger partial charge is 0.457 e. The maximum Gasteiger partial charge on any atom is 0.328 e. The predicted octanol–water partition coefficient (Wildman–Crippen LogP) is 9.14. The zero-order valence-corrected chi connectivity index (χ0v) is 30.7. The predicted molar refractivity (Wildman–Crippen MR) is 200 cm³/mol. The van der Waals surface area contributed by atoms with Crippen LogP contribution in [0.25, 0.3) is 16.6 Å². The van der Waals surface area contributed by atoms with Crippen molar-refractivity contribution in [1.29, 1.82) is 0 Å². The average molecular weight is 725 g/mol. The van der Waals surface area contributed by atoms with Gasteiger partial charge in [-0.3, -0.25) is 14.6 Å². The van der Waals surface area contributed by atoms with Gasteiger partial charge in [0.25, 0.3) is 0 Å². The Morgan fingerprint density at radius 3 is 2.46 bits per heavy atom. The van der Waals surface area contributed by atoms with Crippen LogP contribution < -0.4 is 15.4 Å². The Labute approximate surface area is 302 Å². The fourth-order valence-corrected chi connectivity index (χ4v) is 6.24. The van der Waals surface area contributed by atoms with E-state index in [1.807, 2.05) is 79.7 Å². The van der Waals surface area contributed by atoms with Crippen molar-refractivity contribution in [2.45, 2.75) is 52.8 Å². The van der Waals surface area contributed by atoms with Crippen LogP contribution >= 0.6 is 7.60 Å². The molecule has 0 radical (unpaired) electrons. The molecule has 0 aliphatic heterocycles. The second-order valence-electron chi connectivity index (χ2n) is 13.5. The molecule has 6 rings (SSSR count). The summed E-state index contributed by atoms with van der Waals surface area (Å²) in [6.45, 7) is 10.3. The number of carbonyl (C=O) groups excluding carboxylic acids is 1. The number of rotatable bonds is 13. The third-order valence-electron chi connectivity index (χ3n) is 8.24. The van der Waals surface area contributed by atoms with Gasteiger partial charge in [0.2, 0.25) is 0 Å². The van der Waals surface area contributed by atoms with E-state index >= 15 is 0 Å². The number of halogens is 1. The molecule has 0 saturated heterocycles. The minimum absolute atomic E-state index is 0.000246. The molecule has 13 heteroatoms. The van der Waals surface area contributed by atoms with Crippen molar-refractivity contribution >= 4 is 30.3 Å². The summed E-state index contributed by atoms with van der Waals surface area (Å²) in [5, 5.41) is 15.7. The number of ether oxygens (including phenoxy) is 1. The van der Waals surface area contributed by atoms with Gasteiger partial charge < -0.3 is 19.1 Å². The number of aromatic nitrogens is 4. The lowest BCUT2D eigenvalue weighted by Gasteiger charge is -2.15. The topological polar surface area (TPSA) is 122 Å². The molecular formula is C39H42FN6O5P. The summed E-state index contributed by atoms with van der Waals surface area (Å²) in [5.74, 6) is 0.931. The van der Waals surface area contributed by atoms with Crippen molar-refractivity contribution in [3.05, 3.63) is 131 Å². The summed E-state index contributed by atoms with van der Waals surface area (Å²) in [7, 11) is -3.27. The SMILES string of the molecule is Cc1ccc(-n2nc(C(C)(C)C)cc2NC(=O)NCc2cc(F)ccc2Oc2ccc3c(cnn3CCOP(C)(=O)OCc3ccccc3)c2)cc1. The molecule has 0 saturated carbocycles. The number of nitrogens with one attached hydrogen (secondary N) is 2. The van der Waals surface area contributed by atoms with E-state index in [1.54, 1.807) is 21.6 Å². The minimum atomic E-state index is -3.27. The van der Waals surface area contributed by atoms with Crippen molar-refractivity contribution in [3.8, 4) is 17.2 Å². The molecule has 0 aliphatic carbocycles. The summed E-state index contributed by atoms with van der Waals surface area (Å²) in [5.41, 5.74) is 4.67. The zero-order chi connectivity index (χ0) is 36.9. The second-order valence-corrected chi connectivity index (χ2v) is 15.6. The van der Waals surface area contributed by atoms with Crippen molar-refractivity contribution < 1.29 is 27.5 Å². The summed E-state index contributed by atoms with van der Waals surface area (Å²) >= 11 is 0. The first-order chi connectivity index (χ1) is 24.8.